The van der Waals surface area contributed by atoms with E-state index in [1.54, 1.807) is 10.7 Å². The van der Waals surface area contributed by atoms with Gasteiger partial charge in [-0.1, -0.05) is 69.3 Å². The Labute approximate surface area is 220 Å². The first-order valence-electron chi connectivity index (χ1n) is 12.4. The van der Waals surface area contributed by atoms with Crippen LogP contribution in [0.2, 0.25) is 0 Å². The molecule has 0 fully saturated rings. The van der Waals surface area contributed by atoms with Crippen molar-refractivity contribution in [2.45, 2.75) is 39.5 Å². The van der Waals surface area contributed by atoms with E-state index in [-0.39, 0.29) is 11.3 Å². The summed E-state index contributed by atoms with van der Waals surface area (Å²) in [6, 6.07) is 22.8. The number of aryl methyl sites for hydroxylation is 1. The minimum Gasteiger partial charge on any atom is -0.366 e. The number of aromatic amines is 1. The number of fused-ring (bicyclic) bond motifs is 1. The van der Waals surface area contributed by atoms with Gasteiger partial charge < -0.3 is 11.1 Å². The zero-order valence-electron chi connectivity index (χ0n) is 21.9. The second-order valence-electron chi connectivity index (χ2n) is 10.5. The molecule has 8 nitrogen and oxygen atoms in total. The van der Waals surface area contributed by atoms with Gasteiger partial charge in [-0.3, -0.25) is 14.7 Å². The van der Waals surface area contributed by atoms with E-state index in [1.165, 1.54) is 0 Å². The summed E-state index contributed by atoms with van der Waals surface area (Å²) >= 11 is 0. The first-order valence-corrected chi connectivity index (χ1v) is 12.4. The molecular formula is C30H30N6O2. The molecule has 2 amide bonds. The number of nitrogens with two attached hydrogens (primary N) is 1. The highest BCUT2D eigenvalue weighted by Crippen LogP contribution is 2.29. The van der Waals surface area contributed by atoms with Crippen molar-refractivity contribution < 1.29 is 9.59 Å². The maximum absolute atomic E-state index is 13.4. The summed E-state index contributed by atoms with van der Waals surface area (Å²) < 4.78 is 1.57. The molecule has 2 heterocycles. The summed E-state index contributed by atoms with van der Waals surface area (Å²) in [6.07, 6.45) is 0.670. The third-order valence-corrected chi connectivity index (χ3v) is 6.55. The Morgan fingerprint density at radius 3 is 2.37 bits per heavy atom. The molecule has 0 unspecified atom stereocenters. The van der Waals surface area contributed by atoms with Crippen LogP contribution in [-0.4, -0.2) is 31.6 Å². The number of H-pyrrole nitrogens is 1. The summed E-state index contributed by atoms with van der Waals surface area (Å²) in [5.41, 5.74) is 12.1. The van der Waals surface area contributed by atoms with Crippen molar-refractivity contribution in [3.05, 3.63) is 106 Å². The monoisotopic (exact) mass is 506 g/mol. The number of anilines is 1. The minimum absolute atomic E-state index is 0.241. The number of rotatable bonds is 6. The predicted octanol–water partition coefficient (Wildman–Crippen LogP) is 5.27. The van der Waals surface area contributed by atoms with Crippen molar-refractivity contribution >= 4 is 23.1 Å². The highest BCUT2D eigenvalue weighted by Gasteiger charge is 2.29. The van der Waals surface area contributed by atoms with Crippen LogP contribution < -0.4 is 11.1 Å². The van der Waals surface area contributed by atoms with Crippen LogP contribution in [0.1, 0.15) is 63.9 Å². The highest BCUT2D eigenvalue weighted by atomic mass is 16.2. The van der Waals surface area contributed by atoms with E-state index in [1.807, 2.05) is 94.4 Å². The number of nitrogens with zero attached hydrogens (tertiary/aromatic N) is 3. The molecule has 0 aliphatic rings. The van der Waals surface area contributed by atoms with E-state index in [2.05, 4.69) is 15.5 Å². The number of aromatic nitrogens is 4. The van der Waals surface area contributed by atoms with E-state index in [0.29, 0.717) is 34.7 Å². The van der Waals surface area contributed by atoms with Crippen molar-refractivity contribution in [3.8, 4) is 11.4 Å². The Bertz CT molecular complexity index is 1640. The molecule has 5 rings (SSSR count). The van der Waals surface area contributed by atoms with Gasteiger partial charge in [0.2, 0.25) is 5.91 Å². The maximum Gasteiger partial charge on any atom is 0.261 e. The van der Waals surface area contributed by atoms with Crippen molar-refractivity contribution in [2.24, 2.45) is 5.73 Å². The summed E-state index contributed by atoms with van der Waals surface area (Å²) in [4.78, 5) is 29.7. The number of hydrogen-bond acceptors (Lipinski definition) is 4. The Balaban J connectivity index is 1.45. The van der Waals surface area contributed by atoms with E-state index >= 15 is 0 Å². The standard InChI is InChI=1S/C30H30N6O2/c1-18-10-13-21(26(31)37)17-22(18)16-19-11-14-20(15-12-19)27-33-28-24(25(30(2,3)4)34-36(28)35-27)29(38)32-23-8-6-5-7-9-23/h5-15,17,34H,16H2,1-4H3,(H2,31,37)(H,32,38). The summed E-state index contributed by atoms with van der Waals surface area (Å²) in [6.45, 7) is 8.14. The molecule has 8 heteroatoms. The smallest absolute Gasteiger partial charge is 0.261 e. The largest absolute Gasteiger partial charge is 0.366 e. The van der Waals surface area contributed by atoms with Gasteiger partial charge in [0.05, 0.1) is 5.69 Å². The number of nitrogens with one attached hydrogen (secondary N) is 2. The van der Waals surface area contributed by atoms with Crippen LogP contribution in [0.15, 0.2) is 72.8 Å². The SMILES string of the molecule is Cc1ccc(C(N)=O)cc1Cc1ccc(-c2nc3c(C(=O)Nc4ccccc4)c(C(C)(C)C)[nH]n3n2)cc1. The van der Waals surface area contributed by atoms with Crippen LogP contribution in [0, 0.1) is 6.92 Å². The van der Waals surface area contributed by atoms with Crippen LogP contribution in [0.3, 0.4) is 0 Å². The van der Waals surface area contributed by atoms with Gasteiger partial charge in [0.15, 0.2) is 11.5 Å². The lowest BCUT2D eigenvalue weighted by atomic mass is 9.89. The Morgan fingerprint density at radius 2 is 1.71 bits per heavy atom. The number of carbonyl (C=O) groups is 2. The number of amides is 2. The number of hydrogen-bond donors (Lipinski definition) is 3. The zero-order valence-corrected chi connectivity index (χ0v) is 21.9. The molecule has 0 aliphatic carbocycles. The topological polar surface area (TPSA) is 118 Å². The lowest BCUT2D eigenvalue weighted by Crippen LogP contribution is -2.20. The fraction of sp³-hybridized carbons (Fsp3) is 0.200. The molecule has 0 atom stereocenters. The fourth-order valence-corrected chi connectivity index (χ4v) is 4.43. The van der Waals surface area contributed by atoms with Crippen molar-refractivity contribution in [1.82, 2.24) is 19.8 Å². The molecule has 0 radical (unpaired) electrons. The molecule has 0 aliphatic heterocycles. The average Bonchev–Trinajstić information content (AvgIpc) is 3.45. The van der Waals surface area contributed by atoms with Gasteiger partial charge in [0, 0.05) is 22.2 Å². The van der Waals surface area contributed by atoms with E-state index in [9.17, 15) is 9.59 Å². The number of primary amides is 1. The molecule has 38 heavy (non-hydrogen) atoms. The molecule has 3 aromatic carbocycles. The first-order chi connectivity index (χ1) is 18.1. The van der Waals surface area contributed by atoms with Crippen LogP contribution in [-0.2, 0) is 11.8 Å². The van der Waals surface area contributed by atoms with Crippen molar-refractivity contribution in [3.63, 3.8) is 0 Å². The fourth-order valence-electron chi connectivity index (χ4n) is 4.43. The third-order valence-electron chi connectivity index (χ3n) is 6.55. The average molecular weight is 507 g/mol. The quantitative estimate of drug-likeness (QED) is 0.291. The van der Waals surface area contributed by atoms with Gasteiger partial charge >= 0.3 is 0 Å². The Hall–Kier alpha value is -4.72. The minimum atomic E-state index is -0.436. The number of benzene rings is 3. The van der Waals surface area contributed by atoms with E-state index in [4.69, 9.17) is 10.7 Å². The Morgan fingerprint density at radius 1 is 1.00 bits per heavy atom. The first kappa shape index (κ1) is 25.0. The molecule has 2 aromatic heterocycles. The predicted molar refractivity (Wildman–Crippen MR) is 148 cm³/mol. The molecule has 0 bridgehead atoms. The number of para-hydroxylation sites is 1. The summed E-state index contributed by atoms with van der Waals surface area (Å²) in [5, 5.41) is 10.9. The third kappa shape index (κ3) is 4.93. The molecule has 5 aromatic rings. The van der Waals surface area contributed by atoms with Gasteiger partial charge in [0.1, 0.15) is 5.56 Å². The summed E-state index contributed by atoms with van der Waals surface area (Å²) in [7, 11) is 0. The van der Waals surface area contributed by atoms with E-state index in [0.717, 1.165) is 27.9 Å². The molecule has 0 saturated carbocycles. The van der Waals surface area contributed by atoms with Crippen LogP contribution in [0.4, 0.5) is 5.69 Å². The second-order valence-corrected chi connectivity index (χ2v) is 10.5. The van der Waals surface area contributed by atoms with Crippen molar-refractivity contribution in [2.75, 3.05) is 5.32 Å². The molecule has 4 N–H and O–H groups in total. The molecule has 0 spiro atoms. The van der Waals surface area contributed by atoms with E-state index < -0.39 is 5.91 Å². The zero-order chi connectivity index (χ0) is 27.0. The lowest BCUT2D eigenvalue weighted by molar-refractivity contribution is 0.0997. The van der Waals surface area contributed by atoms with Gasteiger partial charge in [-0.2, -0.15) is 4.63 Å². The molecular weight excluding hydrogens is 476 g/mol. The molecule has 192 valence electrons. The number of carbonyl (C=O) groups excluding carboxylic acids is 2. The van der Waals surface area contributed by atoms with Crippen molar-refractivity contribution in [1.29, 1.82) is 0 Å². The maximum atomic E-state index is 13.4. The van der Waals surface area contributed by atoms with Gasteiger partial charge in [-0.25, -0.2) is 4.98 Å². The lowest BCUT2D eigenvalue weighted by Gasteiger charge is -2.18. The normalized spacial score (nSPS) is 11.6. The van der Waals surface area contributed by atoms with Gasteiger partial charge in [-0.15, -0.1) is 5.10 Å². The highest BCUT2D eigenvalue weighted by molar-refractivity contribution is 6.09. The van der Waals surface area contributed by atoms with Crippen LogP contribution in [0.25, 0.3) is 17.0 Å². The summed E-state index contributed by atoms with van der Waals surface area (Å²) in [5.74, 6) is -0.159. The van der Waals surface area contributed by atoms with Gasteiger partial charge in [-0.05, 0) is 54.3 Å². The van der Waals surface area contributed by atoms with Crippen LogP contribution >= 0.6 is 0 Å². The molecule has 0 saturated heterocycles. The Kier molecular flexibility index (Phi) is 6.32. The second kappa shape index (κ2) is 9.63. The van der Waals surface area contributed by atoms with Crippen LogP contribution in [0.5, 0.6) is 0 Å². The van der Waals surface area contributed by atoms with Gasteiger partial charge in [0.25, 0.3) is 5.91 Å².